The summed E-state index contributed by atoms with van der Waals surface area (Å²) in [4.78, 5) is 22.9. The zero-order valence-corrected chi connectivity index (χ0v) is 13.7. The molecule has 4 rings (SSSR count). The molecule has 0 radical (unpaired) electrons. The predicted octanol–water partition coefficient (Wildman–Crippen LogP) is 2.23. The van der Waals surface area contributed by atoms with Crippen LogP contribution in [0, 0.1) is 6.92 Å². The van der Waals surface area contributed by atoms with Crippen LogP contribution in [0.3, 0.4) is 0 Å². The Balaban J connectivity index is 1.70. The topological polar surface area (TPSA) is 75.4 Å². The van der Waals surface area contributed by atoms with Gasteiger partial charge in [0.1, 0.15) is 12.0 Å². The van der Waals surface area contributed by atoms with Crippen molar-refractivity contribution in [1.82, 2.24) is 19.6 Å². The van der Waals surface area contributed by atoms with Gasteiger partial charge < -0.3 is 10.2 Å². The lowest BCUT2D eigenvalue weighted by atomic mass is 10.3. The molecule has 1 saturated heterocycles. The van der Waals surface area contributed by atoms with Crippen molar-refractivity contribution in [2.45, 2.75) is 19.5 Å². The molecule has 1 N–H and O–H groups in total. The highest BCUT2D eigenvalue weighted by Gasteiger charge is 2.24. The van der Waals surface area contributed by atoms with E-state index >= 15 is 0 Å². The van der Waals surface area contributed by atoms with Gasteiger partial charge in [-0.2, -0.15) is 0 Å². The molecule has 1 atom stereocenters. The number of imidazole rings is 1. The van der Waals surface area contributed by atoms with Gasteiger partial charge in [0.25, 0.3) is 5.91 Å². The van der Waals surface area contributed by atoms with Crippen molar-refractivity contribution >= 4 is 23.1 Å². The van der Waals surface area contributed by atoms with Gasteiger partial charge in [-0.1, -0.05) is 0 Å². The van der Waals surface area contributed by atoms with Gasteiger partial charge in [-0.3, -0.25) is 9.78 Å². The van der Waals surface area contributed by atoms with E-state index in [1.807, 2.05) is 11.0 Å². The first kappa shape index (κ1) is 15.5. The summed E-state index contributed by atoms with van der Waals surface area (Å²) in [5.41, 5.74) is 2.11. The van der Waals surface area contributed by atoms with Gasteiger partial charge in [-0.05, 0) is 37.6 Å². The predicted molar refractivity (Wildman–Crippen MR) is 91.6 cm³/mol. The minimum atomic E-state index is -0.838. The van der Waals surface area contributed by atoms with Gasteiger partial charge >= 0.3 is 0 Å². The van der Waals surface area contributed by atoms with Crippen molar-refractivity contribution in [2.24, 2.45) is 0 Å². The van der Waals surface area contributed by atoms with E-state index in [0.29, 0.717) is 48.1 Å². The monoisotopic (exact) mass is 340 g/mol. The van der Waals surface area contributed by atoms with Crippen molar-refractivity contribution in [1.29, 1.82) is 0 Å². The lowest BCUT2D eigenvalue weighted by molar-refractivity contribution is 0.101. The number of aryl methyl sites for hydroxylation is 1. The smallest absolute Gasteiger partial charge is 0.276 e. The minimum Gasteiger partial charge on any atom is -0.352 e. The number of nitrogens with one attached hydrogen (secondary N) is 1. The average molecular weight is 340 g/mol. The molecule has 1 aliphatic heterocycles. The van der Waals surface area contributed by atoms with Crippen molar-refractivity contribution < 1.29 is 9.18 Å². The Labute approximate surface area is 143 Å². The van der Waals surface area contributed by atoms with Crippen molar-refractivity contribution in [3.05, 3.63) is 48.0 Å². The van der Waals surface area contributed by atoms with Gasteiger partial charge in [0.15, 0.2) is 11.3 Å². The summed E-state index contributed by atoms with van der Waals surface area (Å²) < 4.78 is 15.0. The third kappa shape index (κ3) is 2.90. The number of hydrogen-bond donors (Lipinski definition) is 1. The van der Waals surface area contributed by atoms with Crippen molar-refractivity contribution in [3.63, 3.8) is 0 Å². The first-order valence-electron chi connectivity index (χ1n) is 8.08. The van der Waals surface area contributed by atoms with E-state index in [1.165, 1.54) is 4.52 Å². The summed E-state index contributed by atoms with van der Waals surface area (Å²) in [6.07, 6.45) is 2.87. The van der Waals surface area contributed by atoms with Crippen LogP contribution in [-0.2, 0) is 0 Å². The quantitative estimate of drug-likeness (QED) is 0.791. The maximum absolute atomic E-state index is 13.5. The van der Waals surface area contributed by atoms with E-state index in [1.54, 1.807) is 37.5 Å². The van der Waals surface area contributed by atoms with E-state index < -0.39 is 6.17 Å². The normalized spacial score (nSPS) is 17.2. The Morgan fingerprint density at radius 2 is 2.24 bits per heavy atom. The summed E-state index contributed by atoms with van der Waals surface area (Å²) in [7, 11) is 0. The SMILES string of the molecule is Cc1nc2ccc(N3CC[C@H](F)C3)nn2c1C(=O)Nc1cccnc1. The molecule has 0 unspecified atom stereocenters. The first-order valence-corrected chi connectivity index (χ1v) is 8.08. The average Bonchev–Trinajstić information content (AvgIpc) is 3.17. The van der Waals surface area contributed by atoms with Crippen LogP contribution in [0.5, 0.6) is 0 Å². The summed E-state index contributed by atoms with van der Waals surface area (Å²) in [6, 6.07) is 7.10. The fourth-order valence-electron chi connectivity index (χ4n) is 3.02. The van der Waals surface area contributed by atoms with Crippen LogP contribution >= 0.6 is 0 Å². The summed E-state index contributed by atoms with van der Waals surface area (Å²) in [6.45, 7) is 2.70. The van der Waals surface area contributed by atoms with Gasteiger partial charge in [-0.15, -0.1) is 5.10 Å². The Morgan fingerprint density at radius 1 is 1.36 bits per heavy atom. The number of carbonyl (C=O) groups excluding carboxylic acids is 1. The number of fused-ring (bicyclic) bond motifs is 1. The summed E-state index contributed by atoms with van der Waals surface area (Å²) >= 11 is 0. The van der Waals surface area contributed by atoms with Gasteiger partial charge in [-0.25, -0.2) is 13.9 Å². The number of hydrogen-bond acceptors (Lipinski definition) is 5. The largest absolute Gasteiger partial charge is 0.352 e. The molecule has 0 bridgehead atoms. The van der Waals surface area contributed by atoms with E-state index in [0.717, 1.165) is 0 Å². The molecule has 7 nitrogen and oxygen atoms in total. The highest BCUT2D eigenvalue weighted by atomic mass is 19.1. The molecule has 4 heterocycles. The lowest BCUT2D eigenvalue weighted by Gasteiger charge is -2.16. The molecule has 0 saturated carbocycles. The van der Waals surface area contributed by atoms with Crippen LogP contribution in [0.1, 0.15) is 22.6 Å². The number of pyridine rings is 1. The van der Waals surface area contributed by atoms with Crippen LogP contribution in [-0.4, -0.2) is 44.8 Å². The van der Waals surface area contributed by atoms with E-state index in [2.05, 4.69) is 20.4 Å². The van der Waals surface area contributed by atoms with Gasteiger partial charge in [0.05, 0.1) is 24.1 Å². The summed E-state index contributed by atoms with van der Waals surface area (Å²) in [5.74, 6) is 0.327. The third-order valence-electron chi connectivity index (χ3n) is 4.23. The van der Waals surface area contributed by atoms with Crippen molar-refractivity contribution in [3.8, 4) is 0 Å². The molecule has 1 fully saturated rings. The number of rotatable bonds is 3. The van der Waals surface area contributed by atoms with Crippen LogP contribution in [0.15, 0.2) is 36.7 Å². The maximum Gasteiger partial charge on any atom is 0.276 e. The lowest BCUT2D eigenvalue weighted by Crippen LogP contribution is -2.23. The van der Waals surface area contributed by atoms with E-state index in [-0.39, 0.29) is 5.91 Å². The standard InChI is InChI=1S/C17H17FN6O/c1-11-16(17(25)21-13-3-2-7-19-9-13)24-14(20-11)4-5-15(22-24)23-8-6-12(18)10-23/h2-5,7,9,12H,6,8,10H2,1H3,(H,21,25)/t12-/m0/s1. The second-order valence-corrected chi connectivity index (χ2v) is 6.04. The number of carbonyl (C=O) groups is 1. The summed E-state index contributed by atoms with van der Waals surface area (Å²) in [5, 5.41) is 7.31. The number of nitrogens with zero attached hydrogens (tertiary/aromatic N) is 5. The molecule has 25 heavy (non-hydrogen) atoms. The number of alkyl halides is 1. The number of aromatic nitrogens is 4. The highest BCUT2D eigenvalue weighted by molar-refractivity contribution is 6.04. The highest BCUT2D eigenvalue weighted by Crippen LogP contribution is 2.21. The van der Waals surface area contributed by atoms with Crippen LogP contribution in [0.25, 0.3) is 5.65 Å². The Morgan fingerprint density at radius 3 is 2.96 bits per heavy atom. The molecule has 1 aliphatic rings. The van der Waals surface area contributed by atoms with E-state index in [4.69, 9.17) is 0 Å². The molecular weight excluding hydrogens is 323 g/mol. The fourth-order valence-corrected chi connectivity index (χ4v) is 3.02. The molecule has 0 aliphatic carbocycles. The number of halogens is 1. The second-order valence-electron chi connectivity index (χ2n) is 6.04. The van der Waals surface area contributed by atoms with Gasteiger partial charge in [0.2, 0.25) is 0 Å². The van der Waals surface area contributed by atoms with Crippen LogP contribution in [0.2, 0.25) is 0 Å². The molecule has 128 valence electrons. The van der Waals surface area contributed by atoms with Gasteiger partial charge in [0, 0.05) is 12.7 Å². The van der Waals surface area contributed by atoms with Crippen LogP contribution in [0.4, 0.5) is 15.9 Å². The fraction of sp³-hybridized carbons (Fsp3) is 0.294. The van der Waals surface area contributed by atoms with E-state index in [9.17, 15) is 9.18 Å². The second kappa shape index (κ2) is 6.12. The first-order chi connectivity index (χ1) is 12.1. The number of anilines is 2. The molecule has 3 aromatic heterocycles. The Bertz CT molecular complexity index is 926. The zero-order valence-electron chi connectivity index (χ0n) is 13.7. The third-order valence-corrected chi connectivity index (χ3v) is 4.23. The Hall–Kier alpha value is -3.03. The molecule has 1 amide bonds. The molecule has 0 spiro atoms. The zero-order chi connectivity index (χ0) is 17.4. The van der Waals surface area contributed by atoms with Crippen molar-refractivity contribution in [2.75, 3.05) is 23.3 Å². The molecule has 8 heteroatoms. The number of amides is 1. The molecular formula is C17H17FN6O. The Kier molecular flexibility index (Phi) is 3.79. The van der Waals surface area contributed by atoms with Crippen LogP contribution < -0.4 is 10.2 Å². The minimum absolute atomic E-state index is 0.313. The molecule has 3 aromatic rings. The maximum atomic E-state index is 13.5. The molecule has 0 aromatic carbocycles.